The molecule has 178 valence electrons. The summed E-state index contributed by atoms with van der Waals surface area (Å²) < 4.78 is 10.9. The lowest BCUT2D eigenvalue weighted by molar-refractivity contribution is -0.136. The average molecular weight is 491 g/mol. The van der Waals surface area contributed by atoms with Crippen LogP contribution in [0.25, 0.3) is 22.4 Å². The molecule has 1 aromatic heterocycles. The summed E-state index contributed by atoms with van der Waals surface area (Å²) in [5.41, 5.74) is 4.87. The van der Waals surface area contributed by atoms with Crippen molar-refractivity contribution in [2.24, 2.45) is 0 Å². The van der Waals surface area contributed by atoms with Crippen LogP contribution in [0.3, 0.4) is 0 Å². The number of benzene rings is 3. The minimum Gasteiger partial charge on any atom is -0.481 e. The van der Waals surface area contributed by atoms with Gasteiger partial charge in [-0.3, -0.25) is 10.1 Å². The number of hydrogen-bond donors (Lipinski definition) is 2. The van der Waals surface area contributed by atoms with Crippen molar-refractivity contribution in [2.75, 3.05) is 5.32 Å². The third-order valence-corrected chi connectivity index (χ3v) is 5.84. The fourth-order valence-corrected chi connectivity index (χ4v) is 4.00. The van der Waals surface area contributed by atoms with Gasteiger partial charge in [-0.05, 0) is 42.7 Å². The number of nitrogens with one attached hydrogen (secondary N) is 1. The highest BCUT2D eigenvalue weighted by atomic mass is 35.5. The van der Waals surface area contributed by atoms with Crippen LogP contribution in [0.2, 0.25) is 5.02 Å². The maximum absolute atomic E-state index is 12.7. The van der Waals surface area contributed by atoms with Gasteiger partial charge in [-0.25, -0.2) is 4.79 Å². The Morgan fingerprint density at radius 1 is 1.03 bits per heavy atom. The van der Waals surface area contributed by atoms with Crippen LogP contribution in [-0.4, -0.2) is 22.3 Å². The number of amides is 1. The Morgan fingerprint density at radius 3 is 2.46 bits per heavy atom. The summed E-state index contributed by atoms with van der Waals surface area (Å²) in [6, 6.07) is 22.1. The van der Waals surface area contributed by atoms with Gasteiger partial charge in [0.2, 0.25) is 0 Å². The van der Waals surface area contributed by atoms with Gasteiger partial charge in [0.05, 0.1) is 6.42 Å². The number of hydrogen-bond acceptors (Lipinski definition) is 5. The van der Waals surface area contributed by atoms with Crippen LogP contribution in [0, 0.1) is 6.92 Å². The summed E-state index contributed by atoms with van der Waals surface area (Å²) >= 11 is 6.21. The van der Waals surface area contributed by atoms with Crippen molar-refractivity contribution in [3.63, 3.8) is 0 Å². The summed E-state index contributed by atoms with van der Waals surface area (Å²) in [6.07, 6.45) is -1.24. The van der Waals surface area contributed by atoms with Crippen LogP contribution in [0.5, 0.6) is 0 Å². The molecule has 1 atom stereocenters. The van der Waals surface area contributed by atoms with E-state index in [0.717, 1.165) is 22.3 Å². The average Bonchev–Trinajstić information content (AvgIpc) is 3.19. The van der Waals surface area contributed by atoms with Crippen molar-refractivity contribution in [1.82, 2.24) is 5.16 Å². The van der Waals surface area contributed by atoms with Gasteiger partial charge in [0.15, 0.2) is 5.76 Å². The number of halogens is 1. The Balaban J connectivity index is 1.54. The molecule has 7 nitrogen and oxygen atoms in total. The van der Waals surface area contributed by atoms with Gasteiger partial charge in [-0.1, -0.05) is 77.4 Å². The van der Waals surface area contributed by atoms with E-state index in [-0.39, 0.29) is 6.42 Å². The van der Waals surface area contributed by atoms with E-state index in [1.165, 1.54) is 0 Å². The molecule has 2 N–H and O–H groups in total. The van der Waals surface area contributed by atoms with Gasteiger partial charge in [0.25, 0.3) is 0 Å². The number of ether oxygens (including phenoxy) is 1. The maximum atomic E-state index is 12.7. The first-order valence-electron chi connectivity index (χ1n) is 10.9. The zero-order valence-corrected chi connectivity index (χ0v) is 19.9. The lowest BCUT2D eigenvalue weighted by Crippen LogP contribution is -2.17. The van der Waals surface area contributed by atoms with E-state index >= 15 is 0 Å². The molecule has 1 unspecified atom stereocenters. The highest BCUT2D eigenvalue weighted by Crippen LogP contribution is 2.33. The minimum absolute atomic E-state index is 0.0290. The zero-order chi connectivity index (χ0) is 24.9. The third-order valence-electron chi connectivity index (χ3n) is 5.50. The molecule has 0 bridgehead atoms. The van der Waals surface area contributed by atoms with Crippen molar-refractivity contribution in [2.45, 2.75) is 26.4 Å². The fourth-order valence-electron chi connectivity index (χ4n) is 3.71. The second kappa shape index (κ2) is 10.4. The Labute approximate surface area is 207 Å². The summed E-state index contributed by atoms with van der Waals surface area (Å²) in [5.74, 6) is -0.438. The molecule has 1 amide bonds. The summed E-state index contributed by atoms with van der Waals surface area (Å²) in [7, 11) is 0. The minimum atomic E-state index is -0.874. The topological polar surface area (TPSA) is 102 Å². The number of aryl methyl sites for hydroxylation is 1. The Bertz CT molecular complexity index is 1360. The van der Waals surface area contributed by atoms with Gasteiger partial charge in [-0.2, -0.15) is 0 Å². The lowest BCUT2D eigenvalue weighted by Gasteiger charge is -2.15. The Morgan fingerprint density at radius 2 is 1.74 bits per heavy atom. The molecule has 1 heterocycles. The molecule has 35 heavy (non-hydrogen) atoms. The lowest BCUT2D eigenvalue weighted by atomic mass is 9.99. The van der Waals surface area contributed by atoms with Crippen LogP contribution in [0.15, 0.2) is 77.3 Å². The van der Waals surface area contributed by atoms with Crippen LogP contribution in [-0.2, 0) is 16.0 Å². The molecule has 0 spiro atoms. The largest absolute Gasteiger partial charge is 0.481 e. The molecule has 0 radical (unpaired) electrons. The SMILES string of the molecule is Cc1onc(-c2cccc(-c3ccc(CC(=O)O)cc3)c2)c1NC(=O)OC(C)c1ccccc1Cl. The molecular formula is C27H23ClN2O5. The Kier molecular flexibility index (Phi) is 7.17. The number of carbonyl (C=O) groups is 2. The van der Waals surface area contributed by atoms with E-state index < -0.39 is 18.2 Å². The molecule has 3 aromatic carbocycles. The monoisotopic (exact) mass is 490 g/mol. The zero-order valence-electron chi connectivity index (χ0n) is 19.1. The second-order valence-electron chi connectivity index (χ2n) is 8.00. The quantitative estimate of drug-likeness (QED) is 0.292. The van der Waals surface area contributed by atoms with Crippen molar-refractivity contribution < 1.29 is 24.0 Å². The molecule has 0 aliphatic rings. The number of carbonyl (C=O) groups excluding carboxylic acids is 1. The summed E-state index contributed by atoms with van der Waals surface area (Å²) in [6.45, 7) is 3.45. The second-order valence-corrected chi connectivity index (χ2v) is 8.41. The van der Waals surface area contributed by atoms with E-state index in [0.29, 0.717) is 27.7 Å². The van der Waals surface area contributed by atoms with E-state index in [4.69, 9.17) is 26.0 Å². The van der Waals surface area contributed by atoms with Gasteiger partial charge < -0.3 is 14.4 Å². The number of aliphatic carboxylic acids is 1. The fraction of sp³-hybridized carbons (Fsp3) is 0.148. The highest BCUT2D eigenvalue weighted by molar-refractivity contribution is 6.31. The number of anilines is 1. The van der Waals surface area contributed by atoms with E-state index in [9.17, 15) is 9.59 Å². The van der Waals surface area contributed by atoms with Gasteiger partial charge in [-0.15, -0.1) is 0 Å². The molecule has 0 aliphatic heterocycles. The molecule has 4 aromatic rings. The molecule has 8 heteroatoms. The highest BCUT2D eigenvalue weighted by Gasteiger charge is 2.20. The van der Waals surface area contributed by atoms with Crippen molar-refractivity contribution in [1.29, 1.82) is 0 Å². The van der Waals surface area contributed by atoms with Crippen LogP contribution < -0.4 is 5.32 Å². The van der Waals surface area contributed by atoms with Crippen molar-refractivity contribution in [3.05, 3.63) is 94.7 Å². The number of carboxylic acid groups (broad SMARTS) is 1. The van der Waals surface area contributed by atoms with E-state index in [1.807, 2.05) is 48.5 Å². The van der Waals surface area contributed by atoms with Gasteiger partial charge >= 0.3 is 12.1 Å². The molecule has 0 saturated heterocycles. The van der Waals surface area contributed by atoms with Crippen LogP contribution >= 0.6 is 11.6 Å². The first kappa shape index (κ1) is 24.0. The number of nitrogens with zero attached hydrogens (tertiary/aromatic N) is 1. The summed E-state index contributed by atoms with van der Waals surface area (Å²) in [5, 5.41) is 16.4. The number of aromatic nitrogens is 1. The molecule has 0 fully saturated rings. The van der Waals surface area contributed by atoms with Crippen molar-refractivity contribution in [3.8, 4) is 22.4 Å². The predicted molar refractivity (Wildman–Crippen MR) is 133 cm³/mol. The first-order valence-corrected chi connectivity index (χ1v) is 11.3. The van der Waals surface area contributed by atoms with E-state index in [2.05, 4.69) is 10.5 Å². The van der Waals surface area contributed by atoms with Gasteiger partial charge in [0.1, 0.15) is 17.5 Å². The first-order chi connectivity index (χ1) is 16.8. The maximum Gasteiger partial charge on any atom is 0.412 e. The molecule has 4 rings (SSSR count). The molecule has 0 aliphatic carbocycles. The number of rotatable bonds is 7. The van der Waals surface area contributed by atoms with Crippen LogP contribution in [0.4, 0.5) is 10.5 Å². The number of carboxylic acids is 1. The van der Waals surface area contributed by atoms with Gasteiger partial charge in [0, 0.05) is 16.1 Å². The van der Waals surface area contributed by atoms with Crippen LogP contribution in [0.1, 0.15) is 29.9 Å². The molecule has 0 saturated carbocycles. The summed E-state index contributed by atoms with van der Waals surface area (Å²) in [4.78, 5) is 23.6. The third kappa shape index (κ3) is 5.70. The standard InChI is InChI=1S/C27H23ClN2O5/c1-16(22-8-3-4-9-23(22)28)34-27(33)29-25-17(2)35-30-26(25)21-7-5-6-20(15-21)19-12-10-18(11-13-19)14-24(31)32/h3-13,15-16H,14H2,1-2H3,(H,29,33)(H,31,32). The molecular weight excluding hydrogens is 468 g/mol. The smallest absolute Gasteiger partial charge is 0.412 e. The van der Waals surface area contributed by atoms with Crippen molar-refractivity contribution >= 4 is 29.4 Å². The van der Waals surface area contributed by atoms with E-state index in [1.54, 1.807) is 38.1 Å². The predicted octanol–water partition coefficient (Wildman–Crippen LogP) is 6.91. The normalized spacial score (nSPS) is 11.6. The Hall–Kier alpha value is -4.10.